The predicted molar refractivity (Wildman–Crippen MR) is 74.6 cm³/mol. The molecule has 2 amide bonds. The molecule has 1 aliphatic heterocycles. The molecule has 1 aliphatic carbocycles. The first-order valence-corrected chi connectivity index (χ1v) is 7.11. The van der Waals surface area contributed by atoms with Crippen LogP contribution in [0.25, 0.3) is 0 Å². The van der Waals surface area contributed by atoms with Crippen molar-refractivity contribution in [1.82, 2.24) is 20.2 Å². The van der Waals surface area contributed by atoms with Gasteiger partial charge in [0.25, 0.3) is 0 Å². The van der Waals surface area contributed by atoms with Crippen molar-refractivity contribution in [3.05, 3.63) is 29.9 Å². The Morgan fingerprint density at radius 2 is 2.29 bits per heavy atom. The molecule has 1 aromatic heterocycles. The summed E-state index contributed by atoms with van der Waals surface area (Å²) < 4.78 is 0. The highest BCUT2D eigenvalue weighted by Gasteiger charge is 2.36. The molecule has 3 N–H and O–H groups in total. The first-order chi connectivity index (χ1) is 10.1. The van der Waals surface area contributed by atoms with E-state index in [4.69, 9.17) is 0 Å². The number of amides is 2. The number of rotatable bonds is 2. The molecule has 0 saturated carbocycles. The summed E-state index contributed by atoms with van der Waals surface area (Å²) in [4.78, 5) is 32.3. The normalized spacial score (nSPS) is 24.5. The lowest BCUT2D eigenvalue weighted by Gasteiger charge is -2.33. The molecule has 2 heterocycles. The molecule has 21 heavy (non-hydrogen) atoms. The van der Waals surface area contributed by atoms with E-state index in [1.54, 1.807) is 0 Å². The van der Waals surface area contributed by atoms with Gasteiger partial charge in [-0.05, 0) is 19.3 Å². The molecule has 112 valence electrons. The number of carboxylic acids is 1. The number of allylic oxidation sites excluding steroid dienone is 1. The van der Waals surface area contributed by atoms with Gasteiger partial charge in [0, 0.05) is 12.5 Å². The average Bonchev–Trinajstić information content (AvgIpc) is 2.94. The number of aromatic nitrogens is 2. The molecular formula is C14H18N4O3. The number of carbonyl (C=O) groups excluding carboxylic acids is 1. The summed E-state index contributed by atoms with van der Waals surface area (Å²) in [6.45, 7) is 0.251. The topological polar surface area (TPSA) is 98.3 Å². The Kier molecular flexibility index (Phi) is 3.64. The molecule has 2 unspecified atom stereocenters. The zero-order valence-electron chi connectivity index (χ0n) is 11.6. The molecule has 0 fully saturated rings. The van der Waals surface area contributed by atoms with E-state index in [-0.39, 0.29) is 25.0 Å². The summed E-state index contributed by atoms with van der Waals surface area (Å²) in [6, 6.07) is -1.09. The van der Waals surface area contributed by atoms with Gasteiger partial charge >= 0.3 is 12.0 Å². The molecular weight excluding hydrogens is 272 g/mol. The van der Waals surface area contributed by atoms with Gasteiger partial charge in [0.2, 0.25) is 0 Å². The summed E-state index contributed by atoms with van der Waals surface area (Å²) in [6.07, 6.45) is 8.56. The molecule has 0 bridgehead atoms. The fourth-order valence-electron chi connectivity index (χ4n) is 2.85. The lowest BCUT2D eigenvalue weighted by molar-refractivity contribution is -0.142. The summed E-state index contributed by atoms with van der Waals surface area (Å²) >= 11 is 0. The molecule has 0 radical (unpaired) electrons. The highest BCUT2D eigenvalue weighted by Crippen LogP contribution is 2.21. The Bertz CT molecular complexity index is 581. The molecule has 1 aromatic rings. The lowest BCUT2D eigenvalue weighted by atomic mass is 10.0. The summed E-state index contributed by atoms with van der Waals surface area (Å²) in [7, 11) is 0. The third kappa shape index (κ3) is 2.76. The van der Waals surface area contributed by atoms with Crippen molar-refractivity contribution in [2.24, 2.45) is 0 Å². The van der Waals surface area contributed by atoms with Crippen LogP contribution in [0.5, 0.6) is 0 Å². The fraction of sp³-hybridized carbons (Fsp3) is 0.500. The standard InChI is InChI=1S/C14H18N4O3/c19-13(20)12-6-10-11(16-8-15-10)7-18(12)14(21)17-9-4-2-1-3-5-9/h1-2,8-9,12H,3-7H2,(H,15,16)(H,17,21)(H,19,20). The van der Waals surface area contributed by atoms with E-state index < -0.39 is 12.0 Å². The van der Waals surface area contributed by atoms with Crippen LogP contribution in [-0.2, 0) is 17.8 Å². The van der Waals surface area contributed by atoms with Crippen molar-refractivity contribution in [3.63, 3.8) is 0 Å². The molecule has 0 spiro atoms. The van der Waals surface area contributed by atoms with Crippen LogP contribution in [0.2, 0.25) is 0 Å². The van der Waals surface area contributed by atoms with Crippen LogP contribution in [0.4, 0.5) is 4.79 Å². The number of nitrogens with zero attached hydrogens (tertiary/aromatic N) is 2. The Labute approximate surface area is 122 Å². The number of H-pyrrole nitrogens is 1. The Hall–Kier alpha value is -2.31. The second-order valence-electron chi connectivity index (χ2n) is 5.44. The third-order valence-electron chi connectivity index (χ3n) is 4.04. The minimum atomic E-state index is -0.998. The monoisotopic (exact) mass is 290 g/mol. The Balaban J connectivity index is 1.73. The zero-order chi connectivity index (χ0) is 14.8. The van der Waals surface area contributed by atoms with Crippen LogP contribution in [0.3, 0.4) is 0 Å². The second kappa shape index (κ2) is 5.59. The molecule has 0 aromatic carbocycles. The SMILES string of the molecule is O=C(O)C1Cc2nc[nH]c2CN1C(=O)NC1CC=CCC1. The number of fused-ring (bicyclic) bond motifs is 1. The van der Waals surface area contributed by atoms with E-state index in [9.17, 15) is 14.7 Å². The maximum atomic E-state index is 12.4. The lowest BCUT2D eigenvalue weighted by Crippen LogP contribution is -2.54. The van der Waals surface area contributed by atoms with Gasteiger partial charge in [-0.1, -0.05) is 12.2 Å². The zero-order valence-corrected chi connectivity index (χ0v) is 11.6. The van der Waals surface area contributed by atoms with Crippen molar-refractivity contribution < 1.29 is 14.7 Å². The predicted octanol–water partition coefficient (Wildman–Crippen LogP) is 1.04. The van der Waals surface area contributed by atoms with Gasteiger partial charge in [0.05, 0.1) is 24.3 Å². The summed E-state index contributed by atoms with van der Waals surface area (Å²) in [5, 5.41) is 12.3. The molecule has 0 saturated heterocycles. The van der Waals surface area contributed by atoms with Crippen LogP contribution in [-0.4, -0.2) is 44.1 Å². The van der Waals surface area contributed by atoms with Crippen molar-refractivity contribution in [2.75, 3.05) is 0 Å². The van der Waals surface area contributed by atoms with Crippen LogP contribution in [0.1, 0.15) is 30.7 Å². The second-order valence-corrected chi connectivity index (χ2v) is 5.44. The quantitative estimate of drug-likeness (QED) is 0.709. The molecule has 7 nitrogen and oxygen atoms in total. The fourth-order valence-corrected chi connectivity index (χ4v) is 2.85. The van der Waals surface area contributed by atoms with E-state index in [0.29, 0.717) is 0 Å². The van der Waals surface area contributed by atoms with Gasteiger partial charge in [-0.3, -0.25) is 0 Å². The maximum absolute atomic E-state index is 12.4. The molecule has 7 heteroatoms. The van der Waals surface area contributed by atoms with E-state index in [1.807, 2.05) is 6.08 Å². The number of aliphatic carboxylic acids is 1. The van der Waals surface area contributed by atoms with Gasteiger partial charge in [-0.25, -0.2) is 14.6 Å². The van der Waals surface area contributed by atoms with Gasteiger partial charge in [0.1, 0.15) is 6.04 Å². The number of carboxylic acid groups (broad SMARTS) is 1. The highest BCUT2D eigenvalue weighted by atomic mass is 16.4. The van der Waals surface area contributed by atoms with E-state index >= 15 is 0 Å². The van der Waals surface area contributed by atoms with Crippen molar-refractivity contribution in [2.45, 2.75) is 44.3 Å². The third-order valence-corrected chi connectivity index (χ3v) is 4.04. The van der Waals surface area contributed by atoms with Crippen LogP contribution < -0.4 is 5.32 Å². The first-order valence-electron chi connectivity index (χ1n) is 7.11. The Morgan fingerprint density at radius 3 is 3.00 bits per heavy atom. The minimum Gasteiger partial charge on any atom is -0.480 e. The van der Waals surface area contributed by atoms with E-state index in [1.165, 1.54) is 11.2 Å². The van der Waals surface area contributed by atoms with Crippen molar-refractivity contribution >= 4 is 12.0 Å². The molecule has 2 atom stereocenters. The van der Waals surface area contributed by atoms with Crippen LogP contribution in [0.15, 0.2) is 18.5 Å². The summed E-state index contributed by atoms with van der Waals surface area (Å²) in [5.41, 5.74) is 1.54. The number of nitrogens with one attached hydrogen (secondary N) is 2. The minimum absolute atomic E-state index is 0.0834. The van der Waals surface area contributed by atoms with E-state index in [2.05, 4.69) is 21.4 Å². The number of hydrogen-bond donors (Lipinski definition) is 3. The smallest absolute Gasteiger partial charge is 0.326 e. The van der Waals surface area contributed by atoms with Crippen molar-refractivity contribution in [1.29, 1.82) is 0 Å². The van der Waals surface area contributed by atoms with E-state index in [0.717, 1.165) is 30.7 Å². The largest absolute Gasteiger partial charge is 0.480 e. The van der Waals surface area contributed by atoms with Gasteiger partial charge in [-0.15, -0.1) is 0 Å². The molecule has 2 aliphatic rings. The summed E-state index contributed by atoms with van der Waals surface area (Å²) in [5.74, 6) is -0.998. The maximum Gasteiger partial charge on any atom is 0.326 e. The number of hydrogen-bond acceptors (Lipinski definition) is 3. The number of carbonyl (C=O) groups is 2. The number of imidazole rings is 1. The average molecular weight is 290 g/mol. The van der Waals surface area contributed by atoms with Crippen LogP contribution in [0, 0.1) is 0 Å². The van der Waals surface area contributed by atoms with Crippen molar-refractivity contribution in [3.8, 4) is 0 Å². The van der Waals surface area contributed by atoms with Gasteiger partial charge in [0.15, 0.2) is 0 Å². The Morgan fingerprint density at radius 1 is 1.43 bits per heavy atom. The van der Waals surface area contributed by atoms with Gasteiger partial charge < -0.3 is 20.3 Å². The highest BCUT2D eigenvalue weighted by molar-refractivity contribution is 5.83. The van der Waals surface area contributed by atoms with Crippen LogP contribution >= 0.6 is 0 Å². The first kappa shape index (κ1) is 13.7. The van der Waals surface area contributed by atoms with Gasteiger partial charge in [-0.2, -0.15) is 0 Å². The molecule has 3 rings (SSSR count). The number of urea groups is 1. The number of aromatic amines is 1.